The van der Waals surface area contributed by atoms with E-state index in [1.807, 2.05) is 36.4 Å². The van der Waals surface area contributed by atoms with Gasteiger partial charge in [0.2, 0.25) is 0 Å². The Morgan fingerprint density at radius 3 is 2.00 bits per heavy atom. The first kappa shape index (κ1) is 20.6. The molecule has 0 aliphatic carbocycles. The van der Waals surface area contributed by atoms with E-state index >= 15 is 0 Å². The molecule has 0 aliphatic heterocycles. The molecule has 3 aromatic rings. The van der Waals surface area contributed by atoms with E-state index in [4.69, 9.17) is 0 Å². The number of halogens is 3. The van der Waals surface area contributed by atoms with Crippen LogP contribution in [0.25, 0.3) is 6.08 Å². The van der Waals surface area contributed by atoms with E-state index in [0.717, 1.165) is 17.7 Å². The zero-order chi connectivity index (χ0) is 20.7. The second-order valence-corrected chi connectivity index (χ2v) is 6.57. The molecule has 0 heterocycles. The number of hydrogen-bond acceptors (Lipinski definition) is 2. The molecule has 148 valence electrons. The van der Waals surface area contributed by atoms with Crippen LogP contribution < -0.4 is 5.32 Å². The fourth-order valence-corrected chi connectivity index (χ4v) is 2.88. The van der Waals surface area contributed by atoms with Gasteiger partial charge >= 0.3 is 6.18 Å². The van der Waals surface area contributed by atoms with Gasteiger partial charge in [-0.05, 0) is 29.3 Å². The molecule has 0 unspecified atom stereocenters. The van der Waals surface area contributed by atoms with E-state index in [2.05, 4.69) is 5.32 Å². The molecular formula is C24H20F3NO. The third-order valence-corrected chi connectivity index (χ3v) is 4.39. The van der Waals surface area contributed by atoms with Crippen molar-refractivity contribution >= 4 is 11.9 Å². The van der Waals surface area contributed by atoms with Crippen molar-refractivity contribution in [3.63, 3.8) is 0 Å². The number of alkyl halides is 3. The first-order chi connectivity index (χ1) is 13.9. The third kappa shape index (κ3) is 5.90. The lowest BCUT2D eigenvalue weighted by atomic mass is 10.00. The molecule has 0 radical (unpaired) electrons. The van der Waals surface area contributed by atoms with Gasteiger partial charge < -0.3 is 5.32 Å². The second-order valence-electron chi connectivity index (χ2n) is 6.57. The van der Waals surface area contributed by atoms with Crippen LogP contribution in [0, 0.1) is 0 Å². The maximum Gasteiger partial charge on any atom is 0.416 e. The summed E-state index contributed by atoms with van der Waals surface area (Å²) in [6.45, 7) is 0.872. The van der Waals surface area contributed by atoms with Crippen LogP contribution in [0.1, 0.15) is 27.0 Å². The molecule has 0 aromatic heterocycles. The van der Waals surface area contributed by atoms with Gasteiger partial charge in [0.15, 0.2) is 5.78 Å². The summed E-state index contributed by atoms with van der Waals surface area (Å²) in [5.41, 5.74) is 1.92. The molecule has 0 spiro atoms. The van der Waals surface area contributed by atoms with Gasteiger partial charge in [-0.3, -0.25) is 4.79 Å². The van der Waals surface area contributed by atoms with Gasteiger partial charge in [0, 0.05) is 24.2 Å². The lowest BCUT2D eigenvalue weighted by Crippen LogP contribution is -2.21. The van der Waals surface area contributed by atoms with Crippen molar-refractivity contribution in [1.82, 2.24) is 5.32 Å². The smallest absolute Gasteiger partial charge is 0.308 e. The number of hydrogen-bond donors (Lipinski definition) is 1. The highest BCUT2D eigenvalue weighted by atomic mass is 19.4. The highest BCUT2D eigenvalue weighted by Gasteiger charge is 2.29. The quantitative estimate of drug-likeness (QED) is 0.407. The summed E-state index contributed by atoms with van der Waals surface area (Å²) in [4.78, 5) is 12.9. The van der Waals surface area contributed by atoms with E-state index in [1.54, 1.807) is 30.3 Å². The fraction of sp³-hybridized carbons (Fsp3) is 0.125. The molecule has 0 amide bonds. The summed E-state index contributed by atoms with van der Waals surface area (Å²) in [5.74, 6) is -0.161. The number of Topliss-reactive ketones (excluding diaryl/α,β-unsaturated/α-hetero) is 1. The second kappa shape index (κ2) is 9.34. The minimum absolute atomic E-state index is 0.161. The number of carbonyl (C=O) groups is 1. The molecule has 29 heavy (non-hydrogen) atoms. The van der Waals surface area contributed by atoms with E-state index in [9.17, 15) is 18.0 Å². The summed E-state index contributed by atoms with van der Waals surface area (Å²) in [6.07, 6.45) is -2.75. The molecule has 2 nitrogen and oxygen atoms in total. The number of carbonyl (C=O) groups excluding carboxylic acids is 1. The van der Waals surface area contributed by atoms with Gasteiger partial charge in [0.1, 0.15) is 0 Å². The van der Waals surface area contributed by atoms with Gasteiger partial charge in [0.25, 0.3) is 0 Å². The van der Waals surface area contributed by atoms with Crippen LogP contribution >= 0.6 is 0 Å². The molecule has 5 heteroatoms. The number of nitrogens with one attached hydrogen (secondary N) is 1. The standard InChI is InChI=1S/C24H20F3NO/c25-24(26,27)22-13-11-18(12-14-22)15-21(23(29)20-9-5-2-6-10-20)17-28-16-19-7-3-1-4-8-19/h1-15,28H,16-17H2/b21-15+. The van der Waals surface area contributed by atoms with Crippen LogP contribution in [0.4, 0.5) is 13.2 Å². The van der Waals surface area contributed by atoms with Crippen LogP contribution in [0.3, 0.4) is 0 Å². The van der Waals surface area contributed by atoms with Crippen LogP contribution in [-0.4, -0.2) is 12.3 Å². The first-order valence-electron chi connectivity index (χ1n) is 9.16. The summed E-state index contributed by atoms with van der Waals surface area (Å²) < 4.78 is 38.3. The number of rotatable bonds is 7. The van der Waals surface area contributed by atoms with E-state index in [-0.39, 0.29) is 5.78 Å². The van der Waals surface area contributed by atoms with Crippen molar-refractivity contribution in [3.8, 4) is 0 Å². The molecule has 0 saturated carbocycles. The minimum Gasteiger partial charge on any atom is -0.308 e. The largest absolute Gasteiger partial charge is 0.416 e. The van der Waals surface area contributed by atoms with Gasteiger partial charge in [-0.2, -0.15) is 13.2 Å². The van der Waals surface area contributed by atoms with Gasteiger partial charge in [0.05, 0.1) is 5.56 Å². The summed E-state index contributed by atoms with van der Waals surface area (Å²) in [6, 6.07) is 23.4. The average Bonchev–Trinajstić information content (AvgIpc) is 2.73. The Morgan fingerprint density at radius 2 is 1.41 bits per heavy atom. The molecule has 0 fully saturated rings. The predicted molar refractivity (Wildman–Crippen MR) is 108 cm³/mol. The number of ketones is 1. The van der Waals surface area contributed by atoms with Crippen molar-refractivity contribution in [2.24, 2.45) is 0 Å². The molecule has 1 N–H and O–H groups in total. The highest BCUT2D eigenvalue weighted by Crippen LogP contribution is 2.29. The fourth-order valence-electron chi connectivity index (χ4n) is 2.88. The normalized spacial score (nSPS) is 12.0. The lowest BCUT2D eigenvalue weighted by Gasteiger charge is -2.10. The number of benzene rings is 3. The Balaban J connectivity index is 1.81. The molecule has 0 aliphatic rings. The Labute approximate surface area is 167 Å². The lowest BCUT2D eigenvalue weighted by molar-refractivity contribution is -0.137. The van der Waals surface area contributed by atoms with Crippen LogP contribution in [-0.2, 0) is 12.7 Å². The molecule has 3 aromatic carbocycles. The molecule has 0 bridgehead atoms. The van der Waals surface area contributed by atoms with E-state index in [0.29, 0.717) is 29.8 Å². The van der Waals surface area contributed by atoms with Crippen LogP contribution in [0.15, 0.2) is 90.5 Å². The highest BCUT2D eigenvalue weighted by molar-refractivity contribution is 6.11. The maximum atomic E-state index is 12.9. The van der Waals surface area contributed by atoms with Crippen molar-refractivity contribution in [2.45, 2.75) is 12.7 Å². The van der Waals surface area contributed by atoms with E-state index in [1.165, 1.54) is 12.1 Å². The van der Waals surface area contributed by atoms with Gasteiger partial charge in [-0.1, -0.05) is 72.8 Å². The van der Waals surface area contributed by atoms with Crippen molar-refractivity contribution < 1.29 is 18.0 Å². The Kier molecular flexibility index (Phi) is 6.62. The Morgan fingerprint density at radius 1 is 0.828 bits per heavy atom. The Bertz CT molecular complexity index is 963. The van der Waals surface area contributed by atoms with Gasteiger partial charge in [-0.25, -0.2) is 0 Å². The summed E-state index contributed by atoms with van der Waals surface area (Å²) in [5, 5.41) is 3.24. The van der Waals surface area contributed by atoms with Crippen molar-refractivity contribution in [3.05, 3.63) is 113 Å². The monoisotopic (exact) mass is 395 g/mol. The molecule has 3 rings (SSSR count). The minimum atomic E-state index is -4.39. The zero-order valence-electron chi connectivity index (χ0n) is 15.6. The zero-order valence-corrected chi connectivity index (χ0v) is 15.6. The third-order valence-electron chi connectivity index (χ3n) is 4.39. The van der Waals surface area contributed by atoms with Gasteiger partial charge in [-0.15, -0.1) is 0 Å². The first-order valence-corrected chi connectivity index (χ1v) is 9.16. The molecule has 0 atom stereocenters. The molecular weight excluding hydrogens is 375 g/mol. The average molecular weight is 395 g/mol. The predicted octanol–water partition coefficient (Wildman–Crippen LogP) is 5.76. The van der Waals surface area contributed by atoms with E-state index < -0.39 is 11.7 Å². The van der Waals surface area contributed by atoms with Crippen LogP contribution in [0.5, 0.6) is 0 Å². The van der Waals surface area contributed by atoms with Crippen molar-refractivity contribution in [1.29, 1.82) is 0 Å². The SMILES string of the molecule is O=C(/C(=C/c1ccc(C(F)(F)F)cc1)CNCc1ccccc1)c1ccccc1. The maximum absolute atomic E-state index is 12.9. The summed E-state index contributed by atoms with van der Waals surface area (Å²) in [7, 11) is 0. The van der Waals surface area contributed by atoms with Crippen molar-refractivity contribution in [2.75, 3.05) is 6.54 Å². The molecule has 0 saturated heterocycles. The Hall–Kier alpha value is -3.18. The van der Waals surface area contributed by atoms with Crippen LogP contribution in [0.2, 0.25) is 0 Å². The summed E-state index contributed by atoms with van der Waals surface area (Å²) >= 11 is 0. The topological polar surface area (TPSA) is 29.1 Å².